The molecule has 5 nitrogen and oxygen atoms in total. The molecule has 204 valence electrons. The van der Waals surface area contributed by atoms with Crippen molar-refractivity contribution < 1.29 is 4.79 Å². The molecule has 1 N–H and O–H groups in total. The predicted octanol–water partition coefficient (Wildman–Crippen LogP) is 7.44. The predicted molar refractivity (Wildman–Crippen MR) is 159 cm³/mol. The molecule has 0 aliphatic heterocycles. The van der Waals surface area contributed by atoms with Crippen molar-refractivity contribution in [2.75, 3.05) is 12.3 Å². The van der Waals surface area contributed by atoms with Crippen LogP contribution in [-0.2, 0) is 17.8 Å². The van der Waals surface area contributed by atoms with Gasteiger partial charge in [0, 0.05) is 31.7 Å². The number of nitrogens with one attached hydrogen (secondary N) is 1. The molecular formula is C32H44N4OS. The number of carbonyl (C=O) groups excluding carboxylic acids is 1. The fourth-order valence-electron chi connectivity index (χ4n) is 5.42. The molecule has 38 heavy (non-hydrogen) atoms. The SMILES string of the molecule is CC1=CC(C)CC(CSc2nnc(CCCCC(=O)NCCC3=CC=CCC3)n2CCC2=CCCC=C2)=C1. The topological polar surface area (TPSA) is 59.8 Å². The van der Waals surface area contributed by atoms with Gasteiger partial charge in [-0.1, -0.05) is 89.6 Å². The summed E-state index contributed by atoms with van der Waals surface area (Å²) in [6.45, 7) is 6.13. The molecule has 1 atom stereocenters. The van der Waals surface area contributed by atoms with Gasteiger partial charge in [-0.2, -0.15) is 0 Å². The molecule has 1 unspecified atom stereocenters. The van der Waals surface area contributed by atoms with E-state index in [9.17, 15) is 4.79 Å². The summed E-state index contributed by atoms with van der Waals surface area (Å²) in [7, 11) is 0. The summed E-state index contributed by atoms with van der Waals surface area (Å²) < 4.78 is 2.33. The van der Waals surface area contributed by atoms with Crippen LogP contribution in [0.15, 0.2) is 76.1 Å². The summed E-state index contributed by atoms with van der Waals surface area (Å²) in [6.07, 6.45) is 29.0. The third-order valence-electron chi connectivity index (χ3n) is 7.36. The highest BCUT2D eigenvalue weighted by molar-refractivity contribution is 7.99. The summed E-state index contributed by atoms with van der Waals surface area (Å²) in [5.41, 5.74) is 5.69. The molecule has 6 heteroatoms. The highest BCUT2D eigenvalue weighted by Gasteiger charge is 2.16. The molecule has 3 aliphatic rings. The maximum atomic E-state index is 12.3. The van der Waals surface area contributed by atoms with E-state index in [0.29, 0.717) is 12.3 Å². The lowest BCUT2D eigenvalue weighted by Crippen LogP contribution is -2.24. The third-order valence-corrected chi connectivity index (χ3v) is 8.44. The minimum atomic E-state index is 0.157. The second kappa shape index (κ2) is 15.1. The Balaban J connectivity index is 1.27. The zero-order valence-electron chi connectivity index (χ0n) is 23.3. The Labute approximate surface area is 233 Å². The third kappa shape index (κ3) is 9.30. The van der Waals surface area contributed by atoms with Gasteiger partial charge in [-0.05, 0) is 70.6 Å². The van der Waals surface area contributed by atoms with E-state index in [1.807, 2.05) is 11.8 Å². The van der Waals surface area contributed by atoms with E-state index >= 15 is 0 Å². The van der Waals surface area contributed by atoms with E-state index in [1.54, 1.807) is 0 Å². The van der Waals surface area contributed by atoms with E-state index in [2.05, 4.69) is 82.5 Å². The van der Waals surface area contributed by atoms with Gasteiger partial charge in [-0.15, -0.1) is 10.2 Å². The first-order valence-corrected chi connectivity index (χ1v) is 15.4. The summed E-state index contributed by atoms with van der Waals surface area (Å²) in [5.74, 6) is 2.77. The molecule has 0 aromatic carbocycles. The summed E-state index contributed by atoms with van der Waals surface area (Å²) in [4.78, 5) is 12.3. The molecule has 1 heterocycles. The number of amides is 1. The molecule has 0 saturated carbocycles. The van der Waals surface area contributed by atoms with Crippen molar-refractivity contribution in [1.29, 1.82) is 0 Å². The van der Waals surface area contributed by atoms with Crippen LogP contribution in [0, 0.1) is 5.92 Å². The minimum absolute atomic E-state index is 0.157. The maximum Gasteiger partial charge on any atom is 0.220 e. The number of unbranched alkanes of at least 4 members (excludes halogenated alkanes) is 1. The molecule has 0 spiro atoms. The Morgan fingerprint density at radius 2 is 2.03 bits per heavy atom. The van der Waals surface area contributed by atoms with Crippen LogP contribution in [0.2, 0.25) is 0 Å². The Kier molecular flexibility index (Phi) is 11.3. The maximum absolute atomic E-state index is 12.3. The first-order valence-electron chi connectivity index (χ1n) is 14.5. The number of hydrogen-bond donors (Lipinski definition) is 1. The van der Waals surface area contributed by atoms with Crippen molar-refractivity contribution in [2.45, 2.75) is 96.2 Å². The molecule has 4 rings (SSSR count). The van der Waals surface area contributed by atoms with Crippen molar-refractivity contribution in [2.24, 2.45) is 5.92 Å². The lowest BCUT2D eigenvalue weighted by molar-refractivity contribution is -0.121. The quantitative estimate of drug-likeness (QED) is 0.200. The number of allylic oxidation sites excluding steroid dienone is 10. The van der Waals surface area contributed by atoms with Crippen molar-refractivity contribution >= 4 is 17.7 Å². The lowest BCUT2D eigenvalue weighted by atomic mass is 9.93. The summed E-state index contributed by atoms with van der Waals surface area (Å²) in [5, 5.41) is 13.3. The van der Waals surface area contributed by atoms with Crippen LogP contribution >= 0.6 is 11.8 Å². The fourth-order valence-corrected chi connectivity index (χ4v) is 6.38. The van der Waals surface area contributed by atoms with Gasteiger partial charge in [0.25, 0.3) is 0 Å². The summed E-state index contributed by atoms with van der Waals surface area (Å²) in [6, 6.07) is 0. The van der Waals surface area contributed by atoms with Crippen molar-refractivity contribution in [3.63, 3.8) is 0 Å². The van der Waals surface area contributed by atoms with E-state index in [4.69, 9.17) is 0 Å². The van der Waals surface area contributed by atoms with Gasteiger partial charge in [0.2, 0.25) is 5.91 Å². The van der Waals surface area contributed by atoms with Crippen molar-refractivity contribution in [1.82, 2.24) is 20.1 Å². The normalized spacial score (nSPS) is 19.1. The van der Waals surface area contributed by atoms with Crippen LogP contribution in [0.25, 0.3) is 0 Å². The average molecular weight is 533 g/mol. The molecule has 0 fully saturated rings. The van der Waals surface area contributed by atoms with Gasteiger partial charge in [-0.25, -0.2) is 0 Å². The Morgan fingerprint density at radius 1 is 1.11 bits per heavy atom. The first-order chi connectivity index (χ1) is 18.6. The summed E-state index contributed by atoms with van der Waals surface area (Å²) >= 11 is 1.81. The van der Waals surface area contributed by atoms with E-state index < -0.39 is 0 Å². The van der Waals surface area contributed by atoms with Crippen LogP contribution in [0.3, 0.4) is 0 Å². The van der Waals surface area contributed by atoms with Crippen molar-refractivity contribution in [3.05, 3.63) is 76.7 Å². The van der Waals surface area contributed by atoms with E-state index in [1.165, 1.54) is 22.3 Å². The Morgan fingerprint density at radius 3 is 2.82 bits per heavy atom. The molecule has 1 aromatic rings. The second-order valence-electron chi connectivity index (χ2n) is 10.8. The smallest absolute Gasteiger partial charge is 0.220 e. The number of nitrogens with zero attached hydrogens (tertiary/aromatic N) is 3. The molecule has 1 amide bonds. The molecule has 0 saturated heterocycles. The Hall–Kier alpha value is -2.60. The molecule has 0 bridgehead atoms. The highest BCUT2D eigenvalue weighted by Crippen LogP contribution is 2.29. The van der Waals surface area contributed by atoms with E-state index in [-0.39, 0.29) is 5.91 Å². The van der Waals surface area contributed by atoms with E-state index in [0.717, 1.165) is 94.0 Å². The molecular weight excluding hydrogens is 488 g/mol. The number of aromatic nitrogens is 3. The van der Waals surface area contributed by atoms with Gasteiger partial charge >= 0.3 is 0 Å². The zero-order chi connectivity index (χ0) is 26.6. The number of carbonyl (C=O) groups is 1. The standard InChI is InChI=1S/C32H44N4OS/c1-25-21-26(2)23-29(22-25)24-38-32-35-34-30(36(32)20-18-28-13-7-4-8-14-28)15-9-10-16-31(37)33-19-17-27-11-5-3-6-12-27/h3,5,7,11,13-14,21-22,26H,4,6,8-10,12,15-20,23-24H2,1-2H3,(H,33,37). The van der Waals surface area contributed by atoms with Crippen LogP contribution in [0.4, 0.5) is 0 Å². The van der Waals surface area contributed by atoms with Gasteiger partial charge in [0.1, 0.15) is 5.82 Å². The first kappa shape index (κ1) is 28.4. The van der Waals surface area contributed by atoms with Crippen molar-refractivity contribution in [3.8, 4) is 0 Å². The molecule has 0 radical (unpaired) electrons. The van der Waals surface area contributed by atoms with Crippen LogP contribution in [0.1, 0.15) is 83.9 Å². The minimum Gasteiger partial charge on any atom is -0.356 e. The second-order valence-corrected chi connectivity index (χ2v) is 11.8. The highest BCUT2D eigenvalue weighted by atomic mass is 32.2. The van der Waals surface area contributed by atoms with Gasteiger partial charge in [0.15, 0.2) is 5.16 Å². The van der Waals surface area contributed by atoms with Gasteiger partial charge < -0.3 is 9.88 Å². The largest absolute Gasteiger partial charge is 0.356 e. The molecule has 3 aliphatic carbocycles. The average Bonchev–Trinajstić information content (AvgIpc) is 3.31. The number of thioether (sulfide) groups is 1. The van der Waals surface area contributed by atoms with Gasteiger partial charge in [-0.3, -0.25) is 4.79 Å². The zero-order valence-corrected chi connectivity index (χ0v) is 24.1. The monoisotopic (exact) mass is 532 g/mol. The fraction of sp³-hybridized carbons (Fsp3) is 0.531. The molecule has 1 aromatic heterocycles. The number of rotatable bonds is 14. The number of aryl methyl sites for hydroxylation is 1. The number of hydrogen-bond acceptors (Lipinski definition) is 4. The van der Waals surface area contributed by atoms with Gasteiger partial charge in [0.05, 0.1) is 0 Å². The van der Waals surface area contributed by atoms with Crippen LogP contribution in [-0.4, -0.2) is 33.0 Å². The Bertz CT molecular complexity index is 1130. The lowest BCUT2D eigenvalue weighted by Gasteiger charge is -2.17. The van der Waals surface area contributed by atoms with Crippen LogP contribution < -0.4 is 5.32 Å². The van der Waals surface area contributed by atoms with Crippen LogP contribution in [0.5, 0.6) is 0 Å².